The Morgan fingerprint density at radius 2 is 2.07 bits per heavy atom. The first kappa shape index (κ1) is 18.5. The van der Waals surface area contributed by atoms with Gasteiger partial charge in [-0.25, -0.2) is 4.68 Å². The Kier molecular flexibility index (Phi) is 5.78. The van der Waals surface area contributed by atoms with Gasteiger partial charge in [-0.15, -0.1) is 16.9 Å². The SMILES string of the molecule is Cc1ccccc1SC1CCN(C(=O)c2cn(CC3CCCO3)nn2)CC1. The van der Waals surface area contributed by atoms with Crippen LogP contribution < -0.4 is 0 Å². The maximum atomic E-state index is 12.7. The van der Waals surface area contributed by atoms with Crippen LogP contribution in [0.25, 0.3) is 0 Å². The third kappa shape index (κ3) is 4.52. The molecule has 0 saturated carbocycles. The second kappa shape index (κ2) is 8.44. The van der Waals surface area contributed by atoms with Crippen molar-refractivity contribution in [2.24, 2.45) is 0 Å². The number of likely N-dealkylation sites (tertiary alicyclic amines) is 1. The molecule has 1 unspecified atom stereocenters. The average molecular weight is 387 g/mol. The summed E-state index contributed by atoms with van der Waals surface area (Å²) in [4.78, 5) is 16.0. The number of hydrogen-bond acceptors (Lipinski definition) is 5. The van der Waals surface area contributed by atoms with Gasteiger partial charge in [0.2, 0.25) is 0 Å². The molecule has 2 aliphatic rings. The first-order valence-corrected chi connectivity index (χ1v) is 10.6. The predicted molar refractivity (Wildman–Crippen MR) is 105 cm³/mol. The highest BCUT2D eigenvalue weighted by molar-refractivity contribution is 8.00. The average Bonchev–Trinajstić information content (AvgIpc) is 3.36. The molecule has 4 rings (SSSR count). The molecule has 0 spiro atoms. The lowest BCUT2D eigenvalue weighted by molar-refractivity contribution is 0.0721. The topological polar surface area (TPSA) is 60.2 Å². The summed E-state index contributed by atoms with van der Waals surface area (Å²) in [5.41, 5.74) is 1.77. The Morgan fingerprint density at radius 1 is 1.26 bits per heavy atom. The number of hydrogen-bond donors (Lipinski definition) is 0. The highest BCUT2D eigenvalue weighted by Gasteiger charge is 2.26. The van der Waals surface area contributed by atoms with E-state index in [9.17, 15) is 4.79 Å². The zero-order valence-electron chi connectivity index (χ0n) is 15.7. The molecule has 7 heteroatoms. The molecule has 2 saturated heterocycles. The third-order valence-corrected chi connectivity index (χ3v) is 6.81. The fourth-order valence-electron chi connectivity index (χ4n) is 3.69. The van der Waals surface area contributed by atoms with Gasteiger partial charge in [0.05, 0.1) is 18.8 Å². The lowest BCUT2D eigenvalue weighted by Crippen LogP contribution is -2.39. The Labute approximate surface area is 164 Å². The lowest BCUT2D eigenvalue weighted by Gasteiger charge is -2.31. The Bertz CT molecular complexity index is 780. The molecule has 0 radical (unpaired) electrons. The van der Waals surface area contributed by atoms with E-state index in [1.165, 1.54) is 10.5 Å². The molecule has 144 valence electrons. The molecule has 2 aliphatic heterocycles. The van der Waals surface area contributed by atoms with Crippen LogP contribution in [0.3, 0.4) is 0 Å². The van der Waals surface area contributed by atoms with E-state index in [0.29, 0.717) is 17.5 Å². The molecule has 0 aliphatic carbocycles. The van der Waals surface area contributed by atoms with Crippen molar-refractivity contribution in [3.63, 3.8) is 0 Å². The zero-order valence-corrected chi connectivity index (χ0v) is 16.5. The minimum atomic E-state index is -0.00654. The molecule has 2 fully saturated rings. The lowest BCUT2D eigenvalue weighted by atomic mass is 10.1. The Hall–Kier alpha value is -1.86. The molecular formula is C20H26N4O2S. The second-order valence-electron chi connectivity index (χ2n) is 7.34. The second-order valence-corrected chi connectivity index (χ2v) is 8.68. The van der Waals surface area contributed by atoms with Crippen molar-refractivity contribution in [2.75, 3.05) is 19.7 Å². The number of ether oxygens (including phenoxy) is 1. The molecule has 1 aromatic heterocycles. The van der Waals surface area contributed by atoms with Crippen LogP contribution in [0, 0.1) is 6.92 Å². The normalized spacial score (nSPS) is 20.9. The van der Waals surface area contributed by atoms with Crippen LogP contribution in [-0.2, 0) is 11.3 Å². The van der Waals surface area contributed by atoms with Crippen LogP contribution in [0.5, 0.6) is 0 Å². The van der Waals surface area contributed by atoms with E-state index in [1.54, 1.807) is 10.9 Å². The van der Waals surface area contributed by atoms with E-state index < -0.39 is 0 Å². The summed E-state index contributed by atoms with van der Waals surface area (Å²) in [6.07, 6.45) is 6.13. The summed E-state index contributed by atoms with van der Waals surface area (Å²) >= 11 is 1.94. The largest absolute Gasteiger partial charge is 0.376 e. The summed E-state index contributed by atoms with van der Waals surface area (Å²) in [5, 5.41) is 8.76. The maximum absolute atomic E-state index is 12.7. The summed E-state index contributed by atoms with van der Waals surface area (Å²) in [5.74, 6) is -0.00654. The number of carbonyl (C=O) groups is 1. The summed E-state index contributed by atoms with van der Waals surface area (Å²) < 4.78 is 7.37. The molecular weight excluding hydrogens is 360 g/mol. The number of rotatable bonds is 5. The summed E-state index contributed by atoms with van der Waals surface area (Å²) in [7, 11) is 0. The standard InChI is InChI=1S/C20H26N4O2S/c1-15-5-2-3-7-19(15)27-17-8-10-23(11-9-17)20(25)18-14-24(22-21-18)13-16-6-4-12-26-16/h2-3,5,7,14,16-17H,4,6,8-13H2,1H3. The number of thioether (sulfide) groups is 1. The Morgan fingerprint density at radius 3 is 2.81 bits per heavy atom. The van der Waals surface area contributed by atoms with Gasteiger partial charge in [0, 0.05) is 29.8 Å². The van der Waals surface area contributed by atoms with Crippen molar-refractivity contribution in [3.8, 4) is 0 Å². The molecule has 27 heavy (non-hydrogen) atoms. The molecule has 0 N–H and O–H groups in total. The molecule has 2 aromatic rings. The predicted octanol–water partition coefficient (Wildman–Crippen LogP) is 3.16. The van der Waals surface area contributed by atoms with E-state index in [-0.39, 0.29) is 12.0 Å². The minimum Gasteiger partial charge on any atom is -0.376 e. The van der Waals surface area contributed by atoms with E-state index in [0.717, 1.165) is 45.4 Å². The van der Waals surface area contributed by atoms with Gasteiger partial charge in [0.1, 0.15) is 0 Å². The van der Waals surface area contributed by atoms with E-state index in [2.05, 4.69) is 41.5 Å². The van der Waals surface area contributed by atoms with Gasteiger partial charge in [-0.05, 0) is 44.2 Å². The van der Waals surface area contributed by atoms with Crippen LogP contribution in [0.4, 0.5) is 0 Å². The van der Waals surface area contributed by atoms with Gasteiger partial charge >= 0.3 is 0 Å². The third-order valence-electron chi connectivity index (χ3n) is 5.29. The van der Waals surface area contributed by atoms with E-state index in [1.807, 2.05) is 16.7 Å². The van der Waals surface area contributed by atoms with Crippen molar-refractivity contribution in [1.29, 1.82) is 0 Å². The van der Waals surface area contributed by atoms with Crippen molar-refractivity contribution < 1.29 is 9.53 Å². The minimum absolute atomic E-state index is 0.00654. The van der Waals surface area contributed by atoms with Gasteiger partial charge in [0.15, 0.2) is 5.69 Å². The van der Waals surface area contributed by atoms with Crippen LogP contribution in [0.15, 0.2) is 35.4 Å². The number of amides is 1. The molecule has 6 nitrogen and oxygen atoms in total. The number of aryl methyl sites for hydroxylation is 1. The number of benzene rings is 1. The van der Waals surface area contributed by atoms with Crippen LogP contribution in [0.2, 0.25) is 0 Å². The van der Waals surface area contributed by atoms with Crippen LogP contribution >= 0.6 is 11.8 Å². The molecule has 1 amide bonds. The number of nitrogens with zero attached hydrogens (tertiary/aromatic N) is 4. The fourth-order valence-corrected chi connectivity index (χ4v) is 4.91. The van der Waals surface area contributed by atoms with E-state index in [4.69, 9.17) is 4.74 Å². The number of carbonyl (C=O) groups excluding carboxylic acids is 1. The van der Waals surface area contributed by atoms with Gasteiger partial charge in [0.25, 0.3) is 5.91 Å². The number of aromatic nitrogens is 3. The quantitative estimate of drug-likeness (QED) is 0.790. The summed E-state index contributed by atoms with van der Waals surface area (Å²) in [6, 6.07) is 8.51. The van der Waals surface area contributed by atoms with E-state index >= 15 is 0 Å². The van der Waals surface area contributed by atoms with Gasteiger partial charge in [-0.2, -0.15) is 0 Å². The number of piperidine rings is 1. The zero-order chi connectivity index (χ0) is 18.6. The molecule has 1 aromatic carbocycles. The van der Waals surface area contributed by atoms with Gasteiger partial charge in [-0.3, -0.25) is 4.79 Å². The van der Waals surface area contributed by atoms with Crippen LogP contribution in [0.1, 0.15) is 41.7 Å². The van der Waals surface area contributed by atoms with Gasteiger partial charge < -0.3 is 9.64 Å². The van der Waals surface area contributed by atoms with Crippen molar-refractivity contribution in [3.05, 3.63) is 41.7 Å². The monoisotopic (exact) mass is 386 g/mol. The van der Waals surface area contributed by atoms with Crippen molar-refractivity contribution >= 4 is 17.7 Å². The van der Waals surface area contributed by atoms with Crippen LogP contribution in [-0.4, -0.2) is 56.9 Å². The smallest absolute Gasteiger partial charge is 0.276 e. The fraction of sp³-hybridized carbons (Fsp3) is 0.550. The highest BCUT2D eigenvalue weighted by atomic mass is 32.2. The van der Waals surface area contributed by atoms with Crippen molar-refractivity contribution in [1.82, 2.24) is 19.9 Å². The molecule has 3 heterocycles. The first-order chi connectivity index (χ1) is 13.2. The van der Waals surface area contributed by atoms with Crippen molar-refractivity contribution in [2.45, 2.75) is 55.4 Å². The highest BCUT2D eigenvalue weighted by Crippen LogP contribution is 2.32. The molecule has 0 bridgehead atoms. The first-order valence-electron chi connectivity index (χ1n) is 9.72. The summed E-state index contributed by atoms with van der Waals surface area (Å²) in [6.45, 7) is 5.21. The Balaban J connectivity index is 1.29. The molecule has 1 atom stereocenters. The maximum Gasteiger partial charge on any atom is 0.276 e. The van der Waals surface area contributed by atoms with Gasteiger partial charge in [-0.1, -0.05) is 23.4 Å².